The molecular formula is C18H19N5OS. The lowest BCUT2D eigenvalue weighted by Crippen LogP contribution is -2.57. The number of hydrogen-bond donors (Lipinski definition) is 1. The number of rotatable bonds is 2. The van der Waals surface area contributed by atoms with E-state index >= 15 is 0 Å². The molecule has 25 heavy (non-hydrogen) atoms. The van der Waals surface area contributed by atoms with E-state index < -0.39 is 0 Å². The smallest absolute Gasteiger partial charge is 0.264 e. The van der Waals surface area contributed by atoms with Crippen LogP contribution < -0.4 is 4.90 Å². The lowest BCUT2D eigenvalue weighted by atomic mass is 10.1. The van der Waals surface area contributed by atoms with E-state index in [4.69, 9.17) is 0 Å². The first kappa shape index (κ1) is 14.9. The number of thiophene rings is 1. The predicted molar refractivity (Wildman–Crippen MR) is 98.2 cm³/mol. The monoisotopic (exact) mass is 353 g/mol. The lowest BCUT2D eigenvalue weighted by Gasteiger charge is -2.42. The molecule has 1 aliphatic heterocycles. The molecule has 3 aromatic rings. The molecule has 1 amide bonds. The Morgan fingerprint density at radius 2 is 2.16 bits per heavy atom. The number of hydrogen-bond acceptors (Lipinski definition) is 5. The van der Waals surface area contributed by atoms with Gasteiger partial charge in [0.25, 0.3) is 5.91 Å². The van der Waals surface area contributed by atoms with Crippen LogP contribution in [0.5, 0.6) is 0 Å². The van der Waals surface area contributed by atoms with E-state index in [-0.39, 0.29) is 11.4 Å². The van der Waals surface area contributed by atoms with Crippen LogP contribution in [0.1, 0.15) is 28.1 Å². The van der Waals surface area contributed by atoms with Crippen LogP contribution in [0.15, 0.2) is 30.0 Å². The highest BCUT2D eigenvalue weighted by Gasteiger charge is 2.53. The van der Waals surface area contributed by atoms with Crippen molar-refractivity contribution in [1.82, 2.24) is 19.9 Å². The first-order valence-corrected chi connectivity index (χ1v) is 9.45. The third kappa shape index (κ3) is 2.26. The van der Waals surface area contributed by atoms with Crippen molar-refractivity contribution in [2.45, 2.75) is 25.3 Å². The van der Waals surface area contributed by atoms with Crippen molar-refractivity contribution in [3.8, 4) is 0 Å². The third-order valence-corrected chi connectivity index (χ3v) is 6.42. The van der Waals surface area contributed by atoms with Gasteiger partial charge in [0.05, 0.1) is 15.8 Å². The molecule has 1 aliphatic carbocycles. The molecule has 0 unspecified atom stereocenters. The molecule has 7 heteroatoms. The van der Waals surface area contributed by atoms with Crippen LogP contribution in [0.4, 0.5) is 5.82 Å². The molecule has 5 rings (SSSR count). The van der Waals surface area contributed by atoms with Gasteiger partial charge in [0.15, 0.2) is 0 Å². The molecule has 1 saturated carbocycles. The van der Waals surface area contributed by atoms with E-state index in [0.717, 1.165) is 59.8 Å². The van der Waals surface area contributed by atoms with E-state index in [2.05, 4.69) is 24.8 Å². The summed E-state index contributed by atoms with van der Waals surface area (Å²) in [6.07, 6.45) is 5.65. The number of carbonyl (C=O) groups excluding carboxylic acids is 1. The van der Waals surface area contributed by atoms with Gasteiger partial charge < -0.3 is 14.8 Å². The van der Waals surface area contributed by atoms with Crippen LogP contribution in [0.25, 0.3) is 11.0 Å². The molecule has 0 atom stereocenters. The highest BCUT2D eigenvalue weighted by molar-refractivity contribution is 7.12. The van der Waals surface area contributed by atoms with Gasteiger partial charge in [-0.1, -0.05) is 0 Å². The number of carbonyl (C=O) groups is 1. The first-order valence-electron chi connectivity index (χ1n) is 8.57. The second-order valence-corrected chi connectivity index (χ2v) is 7.89. The highest BCUT2D eigenvalue weighted by atomic mass is 32.1. The van der Waals surface area contributed by atoms with Gasteiger partial charge in [-0.05, 0) is 42.8 Å². The SMILES string of the molecule is Cc1ccsc1C(=O)N1CCN(c2ncnc3[nH]ccc23)CC12CC2. The number of H-pyrrole nitrogens is 1. The third-order valence-electron chi connectivity index (χ3n) is 5.41. The number of aromatic nitrogens is 3. The van der Waals surface area contributed by atoms with Crippen LogP contribution >= 0.6 is 11.3 Å². The zero-order valence-electron chi connectivity index (χ0n) is 14.0. The average Bonchev–Trinajstić information content (AvgIpc) is 3.04. The molecular weight excluding hydrogens is 334 g/mol. The number of anilines is 1. The predicted octanol–water partition coefficient (Wildman–Crippen LogP) is 2.82. The van der Waals surface area contributed by atoms with Crippen LogP contribution in [-0.2, 0) is 0 Å². The second kappa shape index (κ2) is 5.29. The molecule has 1 spiro atoms. The van der Waals surface area contributed by atoms with E-state index in [1.54, 1.807) is 17.7 Å². The fourth-order valence-electron chi connectivity index (χ4n) is 3.87. The first-order chi connectivity index (χ1) is 12.2. The second-order valence-electron chi connectivity index (χ2n) is 6.97. The molecule has 2 fully saturated rings. The molecule has 1 N–H and O–H groups in total. The Morgan fingerprint density at radius 1 is 1.28 bits per heavy atom. The lowest BCUT2D eigenvalue weighted by molar-refractivity contribution is 0.0628. The summed E-state index contributed by atoms with van der Waals surface area (Å²) in [4.78, 5) is 30.3. The summed E-state index contributed by atoms with van der Waals surface area (Å²) in [6.45, 7) is 4.41. The van der Waals surface area contributed by atoms with Crippen molar-refractivity contribution in [3.05, 3.63) is 40.5 Å². The van der Waals surface area contributed by atoms with Gasteiger partial charge in [-0.25, -0.2) is 9.97 Å². The summed E-state index contributed by atoms with van der Waals surface area (Å²) >= 11 is 1.55. The Kier molecular flexibility index (Phi) is 3.15. The normalized spacial score (nSPS) is 18.9. The quantitative estimate of drug-likeness (QED) is 0.769. The zero-order chi connectivity index (χ0) is 17.0. The Morgan fingerprint density at radius 3 is 2.92 bits per heavy atom. The molecule has 0 radical (unpaired) electrons. The molecule has 6 nitrogen and oxygen atoms in total. The van der Waals surface area contributed by atoms with Gasteiger partial charge in [-0.3, -0.25) is 4.79 Å². The summed E-state index contributed by atoms with van der Waals surface area (Å²) in [5.74, 6) is 1.16. The number of piperazine rings is 1. The van der Waals surface area contributed by atoms with Crippen LogP contribution in [-0.4, -0.2) is 50.9 Å². The van der Waals surface area contributed by atoms with Crippen molar-refractivity contribution in [2.24, 2.45) is 0 Å². The summed E-state index contributed by atoms with van der Waals surface area (Å²) < 4.78 is 0. The van der Waals surface area contributed by atoms with Crippen molar-refractivity contribution in [2.75, 3.05) is 24.5 Å². The maximum absolute atomic E-state index is 13.0. The number of aromatic amines is 1. The van der Waals surface area contributed by atoms with Crippen LogP contribution in [0.3, 0.4) is 0 Å². The van der Waals surface area contributed by atoms with Gasteiger partial charge in [0.1, 0.15) is 17.8 Å². The minimum absolute atomic E-state index is 0.0284. The molecule has 0 bridgehead atoms. The number of fused-ring (bicyclic) bond motifs is 1. The summed E-state index contributed by atoms with van der Waals surface area (Å²) in [5, 5.41) is 3.05. The molecule has 2 aliphatic rings. The summed E-state index contributed by atoms with van der Waals surface area (Å²) in [6, 6.07) is 4.05. The molecule has 4 heterocycles. The average molecular weight is 353 g/mol. The van der Waals surface area contributed by atoms with E-state index in [1.165, 1.54) is 0 Å². The van der Waals surface area contributed by atoms with Crippen LogP contribution in [0.2, 0.25) is 0 Å². The van der Waals surface area contributed by atoms with Gasteiger partial charge in [0, 0.05) is 25.8 Å². The molecule has 0 aromatic carbocycles. The minimum atomic E-state index is -0.0284. The van der Waals surface area contributed by atoms with Crippen molar-refractivity contribution >= 4 is 34.1 Å². The Hall–Kier alpha value is -2.41. The molecule has 3 aromatic heterocycles. The molecule has 1 saturated heterocycles. The van der Waals surface area contributed by atoms with E-state index in [9.17, 15) is 4.79 Å². The Balaban J connectivity index is 1.44. The highest BCUT2D eigenvalue weighted by Crippen LogP contribution is 2.46. The van der Waals surface area contributed by atoms with Crippen molar-refractivity contribution < 1.29 is 4.79 Å². The number of aryl methyl sites for hydroxylation is 1. The van der Waals surface area contributed by atoms with Crippen molar-refractivity contribution in [1.29, 1.82) is 0 Å². The largest absolute Gasteiger partial charge is 0.352 e. The van der Waals surface area contributed by atoms with Crippen molar-refractivity contribution in [3.63, 3.8) is 0 Å². The minimum Gasteiger partial charge on any atom is -0.352 e. The van der Waals surface area contributed by atoms with E-state index in [1.807, 2.05) is 30.6 Å². The van der Waals surface area contributed by atoms with Gasteiger partial charge in [0.2, 0.25) is 0 Å². The van der Waals surface area contributed by atoms with Gasteiger partial charge >= 0.3 is 0 Å². The number of amides is 1. The maximum atomic E-state index is 13.0. The van der Waals surface area contributed by atoms with E-state index in [0.29, 0.717) is 0 Å². The van der Waals surface area contributed by atoms with Gasteiger partial charge in [-0.15, -0.1) is 11.3 Å². The summed E-state index contributed by atoms with van der Waals surface area (Å²) in [5.41, 5.74) is 1.92. The maximum Gasteiger partial charge on any atom is 0.264 e. The fourth-order valence-corrected chi connectivity index (χ4v) is 4.75. The summed E-state index contributed by atoms with van der Waals surface area (Å²) in [7, 11) is 0. The Bertz CT molecular complexity index is 957. The topological polar surface area (TPSA) is 65.1 Å². The van der Waals surface area contributed by atoms with Gasteiger partial charge in [-0.2, -0.15) is 0 Å². The fraction of sp³-hybridized carbons (Fsp3) is 0.389. The molecule has 128 valence electrons. The zero-order valence-corrected chi connectivity index (χ0v) is 14.8. The Labute approximate surface area is 149 Å². The number of nitrogens with one attached hydrogen (secondary N) is 1. The van der Waals surface area contributed by atoms with Crippen LogP contribution in [0, 0.1) is 6.92 Å². The standard InChI is InChI=1S/C18H19N5OS/c1-12-3-9-25-14(12)17(24)23-8-7-22(10-18(23)4-5-18)16-13-2-6-19-15(13)20-11-21-16/h2-3,6,9,11H,4-5,7-8,10H2,1H3,(H,19,20,21). The number of nitrogens with zero attached hydrogens (tertiary/aromatic N) is 4.